The first kappa shape index (κ1) is 15.3. The molecule has 112 valence electrons. The van der Waals surface area contributed by atoms with Crippen molar-refractivity contribution in [3.8, 4) is 0 Å². The first-order valence-corrected chi connectivity index (χ1v) is 6.89. The molecule has 0 saturated heterocycles. The highest BCUT2D eigenvalue weighted by Gasteiger charge is 2.18. The van der Waals surface area contributed by atoms with Crippen molar-refractivity contribution in [2.24, 2.45) is 5.73 Å². The van der Waals surface area contributed by atoms with Crippen LogP contribution in [0.2, 0.25) is 0 Å². The molecule has 0 saturated carbocycles. The van der Waals surface area contributed by atoms with E-state index in [1.54, 1.807) is 12.1 Å². The van der Waals surface area contributed by atoms with E-state index >= 15 is 0 Å². The number of furan rings is 1. The largest absolute Gasteiger partial charge is 0.455 e. The Labute approximate surface area is 124 Å². The topological polar surface area (TPSA) is 71.5 Å². The standard InChI is InChI=1S/C16H21N3O2/c1-19(2)11-14(12-6-4-3-5-7-12)18-16(20)15-9-8-13(10-17)21-15/h3-9,14H,10-11,17H2,1-2H3,(H,18,20). The van der Waals surface area contributed by atoms with Crippen LogP contribution in [0.4, 0.5) is 0 Å². The van der Waals surface area contributed by atoms with Crippen molar-refractivity contribution in [3.63, 3.8) is 0 Å². The van der Waals surface area contributed by atoms with E-state index in [1.165, 1.54) is 0 Å². The number of nitrogens with two attached hydrogens (primary N) is 1. The first-order chi connectivity index (χ1) is 10.1. The second kappa shape index (κ2) is 7.06. The molecule has 1 aromatic carbocycles. The number of carbonyl (C=O) groups excluding carboxylic acids is 1. The molecule has 0 aliphatic heterocycles. The highest BCUT2D eigenvalue weighted by Crippen LogP contribution is 2.15. The molecule has 1 amide bonds. The van der Waals surface area contributed by atoms with Crippen LogP contribution in [0, 0.1) is 0 Å². The molecular formula is C16H21N3O2. The maximum absolute atomic E-state index is 12.3. The Hall–Kier alpha value is -2.11. The summed E-state index contributed by atoms with van der Waals surface area (Å²) in [6.45, 7) is 0.993. The van der Waals surface area contributed by atoms with Gasteiger partial charge >= 0.3 is 0 Å². The predicted octanol–water partition coefficient (Wildman–Crippen LogP) is 1.77. The molecule has 0 spiro atoms. The Kier molecular flexibility index (Phi) is 5.14. The van der Waals surface area contributed by atoms with E-state index in [-0.39, 0.29) is 24.3 Å². The van der Waals surface area contributed by atoms with Gasteiger partial charge in [-0.15, -0.1) is 0 Å². The van der Waals surface area contributed by atoms with Crippen LogP contribution in [-0.4, -0.2) is 31.4 Å². The second-order valence-corrected chi connectivity index (χ2v) is 5.17. The van der Waals surface area contributed by atoms with Crippen LogP contribution >= 0.6 is 0 Å². The molecule has 1 unspecified atom stereocenters. The monoisotopic (exact) mass is 287 g/mol. The minimum absolute atomic E-state index is 0.0971. The normalized spacial score (nSPS) is 12.4. The van der Waals surface area contributed by atoms with Crippen LogP contribution < -0.4 is 11.1 Å². The summed E-state index contributed by atoms with van der Waals surface area (Å²) in [6.07, 6.45) is 0. The molecule has 0 radical (unpaired) electrons. The number of hydrogen-bond donors (Lipinski definition) is 2. The number of nitrogens with one attached hydrogen (secondary N) is 1. The molecule has 2 rings (SSSR count). The van der Waals surface area contributed by atoms with Gasteiger partial charge in [0.15, 0.2) is 5.76 Å². The van der Waals surface area contributed by atoms with Gasteiger partial charge in [-0.25, -0.2) is 0 Å². The van der Waals surface area contributed by atoms with Gasteiger partial charge in [0, 0.05) is 6.54 Å². The number of likely N-dealkylation sites (N-methyl/N-ethyl adjacent to an activating group) is 1. The van der Waals surface area contributed by atoms with Crippen LogP contribution in [-0.2, 0) is 6.54 Å². The number of carbonyl (C=O) groups is 1. The van der Waals surface area contributed by atoms with Gasteiger partial charge in [0.1, 0.15) is 5.76 Å². The van der Waals surface area contributed by atoms with Crippen molar-refractivity contribution in [1.82, 2.24) is 10.2 Å². The zero-order valence-electron chi connectivity index (χ0n) is 12.4. The van der Waals surface area contributed by atoms with Crippen molar-refractivity contribution in [1.29, 1.82) is 0 Å². The smallest absolute Gasteiger partial charge is 0.287 e. The average molecular weight is 287 g/mol. The van der Waals surface area contributed by atoms with Gasteiger partial charge in [-0.1, -0.05) is 30.3 Å². The van der Waals surface area contributed by atoms with Gasteiger partial charge in [0.05, 0.1) is 12.6 Å². The maximum atomic E-state index is 12.3. The Bertz CT molecular complexity index is 578. The lowest BCUT2D eigenvalue weighted by atomic mass is 10.1. The SMILES string of the molecule is CN(C)CC(NC(=O)c1ccc(CN)o1)c1ccccc1. The third-order valence-electron chi connectivity index (χ3n) is 3.14. The minimum Gasteiger partial charge on any atom is -0.455 e. The van der Waals surface area contributed by atoms with Crippen LogP contribution in [0.3, 0.4) is 0 Å². The zero-order valence-corrected chi connectivity index (χ0v) is 12.4. The maximum Gasteiger partial charge on any atom is 0.287 e. The van der Waals surface area contributed by atoms with Crippen LogP contribution in [0.5, 0.6) is 0 Å². The number of rotatable bonds is 6. The van der Waals surface area contributed by atoms with E-state index in [4.69, 9.17) is 10.2 Å². The number of hydrogen-bond acceptors (Lipinski definition) is 4. The molecule has 5 nitrogen and oxygen atoms in total. The summed E-state index contributed by atoms with van der Waals surface area (Å²) in [5.41, 5.74) is 6.55. The van der Waals surface area contributed by atoms with Crippen LogP contribution in [0.1, 0.15) is 27.9 Å². The zero-order chi connectivity index (χ0) is 15.2. The van der Waals surface area contributed by atoms with E-state index in [9.17, 15) is 4.79 Å². The van der Waals surface area contributed by atoms with E-state index < -0.39 is 0 Å². The third kappa shape index (κ3) is 4.18. The molecule has 3 N–H and O–H groups in total. The Morgan fingerprint density at radius 3 is 2.52 bits per heavy atom. The quantitative estimate of drug-likeness (QED) is 0.849. The van der Waals surface area contributed by atoms with Crippen molar-refractivity contribution < 1.29 is 9.21 Å². The lowest BCUT2D eigenvalue weighted by Gasteiger charge is -2.22. The second-order valence-electron chi connectivity index (χ2n) is 5.17. The summed E-state index contributed by atoms with van der Waals surface area (Å²) in [7, 11) is 3.95. The molecule has 1 atom stereocenters. The summed E-state index contributed by atoms with van der Waals surface area (Å²) in [4.78, 5) is 14.3. The molecule has 0 fully saturated rings. The van der Waals surface area contributed by atoms with Gasteiger partial charge in [0.25, 0.3) is 5.91 Å². The van der Waals surface area contributed by atoms with Crippen molar-refractivity contribution in [3.05, 3.63) is 59.5 Å². The fourth-order valence-corrected chi connectivity index (χ4v) is 2.12. The first-order valence-electron chi connectivity index (χ1n) is 6.89. The van der Waals surface area contributed by atoms with Gasteiger partial charge < -0.3 is 20.4 Å². The van der Waals surface area contributed by atoms with Gasteiger partial charge in [-0.05, 0) is 31.8 Å². The highest BCUT2D eigenvalue weighted by molar-refractivity contribution is 5.91. The lowest BCUT2D eigenvalue weighted by molar-refractivity contribution is 0.0900. The molecule has 0 aliphatic carbocycles. The number of amides is 1. The van der Waals surface area contributed by atoms with Crippen molar-refractivity contribution in [2.75, 3.05) is 20.6 Å². The van der Waals surface area contributed by atoms with E-state index in [2.05, 4.69) is 5.32 Å². The molecule has 5 heteroatoms. The fourth-order valence-electron chi connectivity index (χ4n) is 2.12. The molecule has 1 heterocycles. The molecular weight excluding hydrogens is 266 g/mol. The summed E-state index contributed by atoms with van der Waals surface area (Å²) >= 11 is 0. The Balaban J connectivity index is 2.13. The van der Waals surface area contributed by atoms with Crippen molar-refractivity contribution >= 4 is 5.91 Å². The lowest BCUT2D eigenvalue weighted by Crippen LogP contribution is -2.35. The molecule has 1 aromatic heterocycles. The van der Waals surface area contributed by atoms with Gasteiger partial charge in [-0.2, -0.15) is 0 Å². The summed E-state index contributed by atoms with van der Waals surface area (Å²) in [5.74, 6) is 0.657. The summed E-state index contributed by atoms with van der Waals surface area (Å²) in [6, 6.07) is 13.2. The Morgan fingerprint density at radius 1 is 1.24 bits per heavy atom. The Morgan fingerprint density at radius 2 is 1.95 bits per heavy atom. The predicted molar refractivity (Wildman–Crippen MR) is 81.8 cm³/mol. The van der Waals surface area contributed by atoms with Gasteiger partial charge in [0.2, 0.25) is 0 Å². The molecule has 0 bridgehead atoms. The highest BCUT2D eigenvalue weighted by atomic mass is 16.4. The van der Waals surface area contributed by atoms with E-state index in [0.717, 1.165) is 5.56 Å². The van der Waals surface area contributed by atoms with Crippen LogP contribution in [0.15, 0.2) is 46.9 Å². The minimum atomic E-state index is -0.231. The van der Waals surface area contributed by atoms with Crippen molar-refractivity contribution in [2.45, 2.75) is 12.6 Å². The number of nitrogens with zero attached hydrogens (tertiary/aromatic N) is 1. The molecule has 2 aromatic rings. The number of benzene rings is 1. The third-order valence-corrected chi connectivity index (χ3v) is 3.14. The fraction of sp³-hybridized carbons (Fsp3) is 0.312. The van der Waals surface area contributed by atoms with Gasteiger partial charge in [-0.3, -0.25) is 4.79 Å². The van der Waals surface area contributed by atoms with Crippen LogP contribution in [0.25, 0.3) is 0 Å². The van der Waals surface area contributed by atoms with E-state index in [1.807, 2.05) is 49.3 Å². The molecule has 21 heavy (non-hydrogen) atoms. The summed E-state index contributed by atoms with van der Waals surface area (Å²) in [5, 5.41) is 3.00. The van der Waals surface area contributed by atoms with E-state index in [0.29, 0.717) is 12.3 Å². The summed E-state index contributed by atoms with van der Waals surface area (Å²) < 4.78 is 5.39. The molecule has 0 aliphatic rings. The average Bonchev–Trinajstić information content (AvgIpc) is 2.96.